The van der Waals surface area contributed by atoms with Crippen molar-refractivity contribution in [2.75, 3.05) is 21.9 Å². The molecule has 232 valence electrons. The van der Waals surface area contributed by atoms with E-state index in [1.54, 1.807) is 16.6 Å². The second-order valence-corrected chi connectivity index (χ2v) is 13.0. The zero-order chi connectivity index (χ0) is 30.9. The van der Waals surface area contributed by atoms with Gasteiger partial charge in [0.05, 0.1) is 22.8 Å². The quantitative estimate of drug-likeness (QED) is 0.147. The minimum Gasteiger partial charge on any atom is -0.439 e. The summed E-state index contributed by atoms with van der Waals surface area (Å²) in [5.74, 6) is 2.24. The molecule has 0 radical (unpaired) electrons. The van der Waals surface area contributed by atoms with Crippen LogP contribution in [0.25, 0.3) is 23.1 Å². The van der Waals surface area contributed by atoms with Crippen molar-refractivity contribution in [1.82, 2.24) is 19.8 Å². The number of aromatic nitrogens is 4. The Balaban J connectivity index is 1.36. The van der Waals surface area contributed by atoms with Crippen LogP contribution in [0.5, 0.6) is 5.75 Å². The number of hydrogen-bond acceptors (Lipinski definition) is 7. The van der Waals surface area contributed by atoms with Gasteiger partial charge in [0.2, 0.25) is 15.9 Å². The molecule has 10 heteroatoms. The van der Waals surface area contributed by atoms with Crippen LogP contribution in [0.3, 0.4) is 0 Å². The van der Waals surface area contributed by atoms with Crippen LogP contribution in [0.1, 0.15) is 70.9 Å². The van der Waals surface area contributed by atoms with E-state index in [-0.39, 0.29) is 5.75 Å². The second-order valence-electron chi connectivity index (χ2n) is 11.1. The number of fused-ring (bicyclic) bond motifs is 2. The molecule has 4 aromatic rings. The maximum absolute atomic E-state index is 12.6. The lowest BCUT2D eigenvalue weighted by molar-refractivity contribution is 0.436. The lowest BCUT2D eigenvalue weighted by atomic mass is 10.1. The molecule has 0 bridgehead atoms. The van der Waals surface area contributed by atoms with Gasteiger partial charge in [-0.2, -0.15) is 9.61 Å². The van der Waals surface area contributed by atoms with E-state index in [4.69, 9.17) is 9.84 Å². The van der Waals surface area contributed by atoms with Gasteiger partial charge in [-0.25, -0.2) is 8.42 Å². The highest BCUT2D eigenvalue weighted by atomic mass is 32.2. The van der Waals surface area contributed by atoms with Crippen LogP contribution in [0, 0.1) is 6.92 Å². The van der Waals surface area contributed by atoms with Crippen molar-refractivity contribution in [1.29, 1.82) is 0 Å². The van der Waals surface area contributed by atoms with Gasteiger partial charge in [0.1, 0.15) is 0 Å². The first-order valence-corrected chi connectivity index (χ1v) is 17.3. The summed E-state index contributed by atoms with van der Waals surface area (Å²) in [6, 6.07) is 15.4. The molecule has 0 saturated carbocycles. The SMILES string of the molecule is CCCCCCCCN1/C(=C/C=C/C=c2/c(C)nn3c(-c4ccccc4NS(=O)(=O)CCCC)nnc23)Oc2ccccc21. The van der Waals surface area contributed by atoms with Gasteiger partial charge in [0.25, 0.3) is 0 Å². The fraction of sp³-hybridized carbons (Fsp3) is 0.382. The Morgan fingerprint density at radius 3 is 2.43 bits per heavy atom. The molecule has 1 N–H and O–H groups in total. The van der Waals surface area contributed by atoms with E-state index in [2.05, 4.69) is 32.8 Å². The number of ether oxygens (including phenoxy) is 1. The Morgan fingerprint density at radius 2 is 1.59 bits per heavy atom. The van der Waals surface area contributed by atoms with Gasteiger partial charge in [-0.15, -0.1) is 10.2 Å². The summed E-state index contributed by atoms with van der Waals surface area (Å²) in [6.07, 6.45) is 16.7. The lowest BCUT2D eigenvalue weighted by Gasteiger charge is -2.18. The molecule has 44 heavy (non-hydrogen) atoms. The van der Waals surface area contributed by atoms with Crippen LogP contribution >= 0.6 is 0 Å². The van der Waals surface area contributed by atoms with E-state index in [1.807, 2.05) is 68.5 Å². The summed E-state index contributed by atoms with van der Waals surface area (Å²) in [7, 11) is -3.48. The van der Waals surface area contributed by atoms with Crippen LogP contribution in [0.15, 0.2) is 72.6 Å². The van der Waals surface area contributed by atoms with E-state index in [0.29, 0.717) is 29.1 Å². The van der Waals surface area contributed by atoms with E-state index >= 15 is 0 Å². The van der Waals surface area contributed by atoms with Gasteiger partial charge in [-0.05, 0) is 56.2 Å². The topological polar surface area (TPSA) is 102 Å². The van der Waals surface area contributed by atoms with E-state index in [1.165, 1.54) is 32.1 Å². The summed E-state index contributed by atoms with van der Waals surface area (Å²) in [4.78, 5) is 2.26. The first kappa shape index (κ1) is 31.3. The van der Waals surface area contributed by atoms with Crippen molar-refractivity contribution in [2.24, 2.45) is 0 Å². The monoisotopic (exact) mass is 614 g/mol. The Bertz CT molecular complexity index is 1790. The number of nitrogens with zero attached hydrogens (tertiary/aromatic N) is 5. The van der Waals surface area contributed by atoms with Crippen LogP contribution in [0.4, 0.5) is 11.4 Å². The van der Waals surface area contributed by atoms with Crippen molar-refractivity contribution in [3.63, 3.8) is 0 Å². The van der Waals surface area contributed by atoms with Crippen molar-refractivity contribution in [3.8, 4) is 17.1 Å². The molecule has 5 rings (SSSR count). The van der Waals surface area contributed by atoms with E-state index < -0.39 is 10.0 Å². The number of benzene rings is 2. The smallest absolute Gasteiger partial charge is 0.232 e. The standard InChI is InChI=1S/C34H42N6O3S/c1-4-6-8-9-10-17-24-39-30-21-14-15-22-31(30)43-32(39)23-16-12-18-27-26(3)37-40-33(27)35-36-34(40)28-19-11-13-20-29(28)38-44(41,42)25-7-5-2/h11-16,18-23,38H,4-10,17,24-25H2,1-3H3/b16-12+,27-18-,32-23-. The van der Waals surface area contributed by atoms with Crippen molar-refractivity contribution < 1.29 is 13.2 Å². The number of anilines is 2. The maximum Gasteiger partial charge on any atom is 0.232 e. The molecule has 0 spiro atoms. The van der Waals surface area contributed by atoms with Crippen LogP contribution in [-0.2, 0) is 10.0 Å². The highest BCUT2D eigenvalue weighted by Gasteiger charge is 2.25. The number of hydrogen-bond donors (Lipinski definition) is 1. The molecule has 0 atom stereocenters. The molecule has 1 aliphatic rings. The molecular weight excluding hydrogens is 572 g/mol. The zero-order valence-electron chi connectivity index (χ0n) is 25.9. The first-order chi connectivity index (χ1) is 21.4. The number of para-hydroxylation sites is 3. The largest absolute Gasteiger partial charge is 0.439 e. The van der Waals surface area contributed by atoms with E-state index in [9.17, 15) is 8.42 Å². The van der Waals surface area contributed by atoms with Crippen LogP contribution in [-0.4, -0.2) is 40.5 Å². The summed E-state index contributed by atoms with van der Waals surface area (Å²) in [5.41, 5.74) is 3.58. The van der Waals surface area contributed by atoms with Crippen molar-refractivity contribution in [3.05, 3.63) is 83.6 Å². The number of sulfonamides is 1. The zero-order valence-corrected chi connectivity index (χ0v) is 26.7. The minimum absolute atomic E-state index is 0.0658. The van der Waals surface area contributed by atoms with Crippen LogP contribution in [0.2, 0.25) is 0 Å². The van der Waals surface area contributed by atoms with E-state index in [0.717, 1.165) is 47.6 Å². The number of aryl methyl sites for hydroxylation is 1. The average Bonchev–Trinajstić information content (AvgIpc) is 3.68. The lowest BCUT2D eigenvalue weighted by Crippen LogP contribution is -2.21. The van der Waals surface area contributed by atoms with Crippen LogP contribution < -0.4 is 19.6 Å². The summed E-state index contributed by atoms with van der Waals surface area (Å²) < 4.78 is 35.9. The molecule has 2 aromatic heterocycles. The number of nitrogens with one attached hydrogen (secondary N) is 1. The first-order valence-electron chi connectivity index (χ1n) is 15.7. The third kappa shape index (κ3) is 7.30. The number of rotatable bonds is 15. The molecule has 0 amide bonds. The highest BCUT2D eigenvalue weighted by Crippen LogP contribution is 2.38. The predicted octanol–water partition coefficient (Wildman–Crippen LogP) is 6.80. The van der Waals surface area contributed by atoms with Crippen molar-refractivity contribution in [2.45, 2.75) is 72.1 Å². The van der Waals surface area contributed by atoms with Gasteiger partial charge in [0.15, 0.2) is 17.2 Å². The number of allylic oxidation sites excluding steroid dienone is 3. The third-order valence-corrected chi connectivity index (χ3v) is 9.06. The average molecular weight is 615 g/mol. The number of unbranched alkanes of at least 4 members (excludes halogenated alkanes) is 6. The maximum atomic E-state index is 12.6. The fourth-order valence-electron chi connectivity index (χ4n) is 5.34. The Kier molecular flexibility index (Phi) is 10.3. The van der Waals surface area contributed by atoms with Gasteiger partial charge >= 0.3 is 0 Å². The van der Waals surface area contributed by atoms with Crippen molar-refractivity contribution >= 4 is 33.1 Å². The van der Waals surface area contributed by atoms with Gasteiger partial charge < -0.3 is 9.64 Å². The Morgan fingerprint density at radius 1 is 0.864 bits per heavy atom. The molecule has 3 heterocycles. The molecular formula is C34H42N6O3S. The van der Waals surface area contributed by atoms with Gasteiger partial charge in [0, 0.05) is 17.3 Å². The Labute approximate surface area is 260 Å². The molecule has 1 aliphatic heterocycles. The predicted molar refractivity (Wildman–Crippen MR) is 178 cm³/mol. The molecule has 9 nitrogen and oxygen atoms in total. The molecule has 0 saturated heterocycles. The second kappa shape index (κ2) is 14.5. The summed E-state index contributed by atoms with van der Waals surface area (Å²) >= 11 is 0. The Hall–Kier alpha value is -4.18. The minimum atomic E-state index is -3.48. The normalized spacial score (nSPS) is 14.7. The molecule has 0 unspecified atom stereocenters. The van der Waals surface area contributed by atoms with Gasteiger partial charge in [-0.1, -0.05) is 88.8 Å². The third-order valence-electron chi connectivity index (χ3n) is 7.71. The fourth-order valence-corrected chi connectivity index (χ4v) is 6.62. The summed E-state index contributed by atoms with van der Waals surface area (Å²) in [6.45, 7) is 7.05. The molecule has 0 fully saturated rings. The molecule has 0 aliphatic carbocycles. The van der Waals surface area contributed by atoms with Gasteiger partial charge in [-0.3, -0.25) is 4.72 Å². The summed E-state index contributed by atoms with van der Waals surface area (Å²) in [5, 5.41) is 14.3. The molecule has 2 aromatic carbocycles. The highest BCUT2D eigenvalue weighted by molar-refractivity contribution is 7.92.